The molecule has 0 fully saturated rings. The molecule has 0 aromatic heterocycles. The second-order valence-corrected chi connectivity index (χ2v) is 7.05. The van der Waals surface area contributed by atoms with Gasteiger partial charge in [0.25, 0.3) is 0 Å². The summed E-state index contributed by atoms with van der Waals surface area (Å²) in [4.78, 5) is 36.7. The van der Waals surface area contributed by atoms with Crippen LogP contribution in [0.4, 0.5) is 4.79 Å². The molecule has 0 aliphatic heterocycles. The summed E-state index contributed by atoms with van der Waals surface area (Å²) in [7, 11) is 0. The average molecular weight is 381 g/mol. The fourth-order valence-electron chi connectivity index (χ4n) is 2.07. The predicted molar refractivity (Wildman–Crippen MR) is 96.7 cm³/mol. The van der Waals surface area contributed by atoms with E-state index in [4.69, 9.17) is 14.2 Å². The van der Waals surface area contributed by atoms with Crippen LogP contribution in [0.15, 0.2) is 30.3 Å². The highest BCUT2D eigenvalue weighted by Crippen LogP contribution is 2.17. The molecule has 1 amide bonds. The fraction of sp³-hybridized carbons (Fsp3) is 0.526. The Morgan fingerprint density at radius 3 is 2.19 bits per heavy atom. The van der Waals surface area contributed by atoms with Gasteiger partial charge in [0.2, 0.25) is 0 Å². The topological polar surface area (TPSA) is 111 Å². The Bertz CT molecular complexity index is 654. The molecule has 0 bridgehead atoms. The zero-order chi connectivity index (χ0) is 20.7. The number of esters is 2. The van der Waals surface area contributed by atoms with Gasteiger partial charge in [-0.2, -0.15) is 0 Å². The van der Waals surface area contributed by atoms with E-state index in [1.54, 1.807) is 52.0 Å². The van der Waals surface area contributed by atoms with Crippen LogP contribution in [-0.2, 0) is 30.4 Å². The van der Waals surface area contributed by atoms with Gasteiger partial charge in [0.05, 0.1) is 6.61 Å². The zero-order valence-corrected chi connectivity index (χ0v) is 16.3. The van der Waals surface area contributed by atoms with Gasteiger partial charge in [-0.25, -0.2) is 14.4 Å². The molecule has 0 radical (unpaired) electrons. The van der Waals surface area contributed by atoms with Crippen LogP contribution in [-0.4, -0.2) is 47.0 Å². The summed E-state index contributed by atoms with van der Waals surface area (Å²) in [5.74, 6) is -2.06. The highest BCUT2D eigenvalue weighted by atomic mass is 16.6. The summed E-state index contributed by atoms with van der Waals surface area (Å²) in [5, 5.41) is 12.6. The Labute approximate surface area is 158 Å². The lowest BCUT2D eigenvalue weighted by Gasteiger charge is -2.32. The van der Waals surface area contributed by atoms with Crippen molar-refractivity contribution in [2.24, 2.45) is 0 Å². The summed E-state index contributed by atoms with van der Waals surface area (Å²) in [6, 6.07) is 8.83. The Hall–Kier alpha value is -2.61. The number of nitrogens with one attached hydrogen (secondary N) is 1. The first-order chi connectivity index (χ1) is 12.5. The van der Waals surface area contributed by atoms with E-state index in [0.717, 1.165) is 0 Å². The quantitative estimate of drug-likeness (QED) is 0.548. The normalized spacial score (nSPS) is 14.4. The lowest BCUT2D eigenvalue weighted by molar-refractivity contribution is -0.170. The first-order valence-electron chi connectivity index (χ1n) is 8.56. The van der Waals surface area contributed by atoms with Crippen molar-refractivity contribution in [3.8, 4) is 0 Å². The van der Waals surface area contributed by atoms with Crippen molar-refractivity contribution in [1.29, 1.82) is 0 Å². The van der Waals surface area contributed by atoms with Crippen molar-refractivity contribution in [2.75, 3.05) is 6.61 Å². The number of ether oxygens (including phenoxy) is 3. The van der Waals surface area contributed by atoms with Crippen LogP contribution in [0.5, 0.6) is 0 Å². The summed E-state index contributed by atoms with van der Waals surface area (Å²) in [6.45, 7) is 7.55. The number of hydrogen-bond acceptors (Lipinski definition) is 7. The van der Waals surface area contributed by atoms with E-state index in [1.165, 1.54) is 6.92 Å². The Kier molecular flexibility index (Phi) is 7.78. The molecule has 0 aliphatic rings. The van der Waals surface area contributed by atoms with Crippen LogP contribution < -0.4 is 5.32 Å². The molecule has 8 nitrogen and oxygen atoms in total. The minimum Gasteiger partial charge on any atom is -0.464 e. The largest absolute Gasteiger partial charge is 0.464 e. The fourth-order valence-corrected chi connectivity index (χ4v) is 2.07. The predicted octanol–water partition coefficient (Wildman–Crippen LogP) is 1.94. The summed E-state index contributed by atoms with van der Waals surface area (Å²) >= 11 is 0. The van der Waals surface area contributed by atoms with Crippen molar-refractivity contribution >= 4 is 18.0 Å². The van der Waals surface area contributed by atoms with E-state index >= 15 is 0 Å². The second kappa shape index (κ2) is 9.36. The van der Waals surface area contributed by atoms with Gasteiger partial charge in [-0.3, -0.25) is 0 Å². The molecule has 1 rings (SSSR count). The SMILES string of the molecule is CCOC(=O)[C@](C)(NC(=O)OC(C)(C)C)[C@H](O)C(=O)OCc1ccccc1. The molecule has 0 spiro atoms. The van der Waals surface area contributed by atoms with Gasteiger partial charge >= 0.3 is 18.0 Å². The minimum atomic E-state index is -2.08. The van der Waals surface area contributed by atoms with Gasteiger partial charge in [-0.05, 0) is 40.2 Å². The first-order valence-corrected chi connectivity index (χ1v) is 8.56. The summed E-state index contributed by atoms with van der Waals surface area (Å²) < 4.78 is 15.1. The maximum Gasteiger partial charge on any atom is 0.408 e. The molecule has 2 atom stereocenters. The van der Waals surface area contributed by atoms with E-state index in [0.29, 0.717) is 5.56 Å². The van der Waals surface area contributed by atoms with Crippen LogP contribution in [0.3, 0.4) is 0 Å². The van der Waals surface area contributed by atoms with Crippen LogP contribution in [0, 0.1) is 0 Å². The number of aliphatic hydroxyl groups is 1. The monoisotopic (exact) mass is 381 g/mol. The zero-order valence-electron chi connectivity index (χ0n) is 16.3. The van der Waals surface area contributed by atoms with Gasteiger partial charge in [-0.1, -0.05) is 30.3 Å². The van der Waals surface area contributed by atoms with E-state index in [9.17, 15) is 19.5 Å². The van der Waals surface area contributed by atoms with Crippen LogP contribution in [0.25, 0.3) is 0 Å². The number of alkyl carbamates (subject to hydrolysis) is 1. The van der Waals surface area contributed by atoms with Gasteiger partial charge in [0.15, 0.2) is 11.6 Å². The molecule has 27 heavy (non-hydrogen) atoms. The van der Waals surface area contributed by atoms with Gasteiger partial charge < -0.3 is 24.6 Å². The Morgan fingerprint density at radius 1 is 1.07 bits per heavy atom. The molecular formula is C19H27NO7. The molecule has 150 valence electrons. The number of amides is 1. The summed E-state index contributed by atoms with van der Waals surface area (Å²) in [5.41, 5.74) is -2.21. The lowest BCUT2D eigenvalue weighted by Crippen LogP contribution is -2.63. The van der Waals surface area contributed by atoms with Crippen molar-refractivity contribution in [3.63, 3.8) is 0 Å². The highest BCUT2D eigenvalue weighted by molar-refractivity contribution is 5.92. The first kappa shape index (κ1) is 22.4. The number of aliphatic hydroxyl groups excluding tert-OH is 1. The molecule has 0 saturated carbocycles. The molecule has 1 aromatic rings. The smallest absolute Gasteiger partial charge is 0.408 e. The van der Waals surface area contributed by atoms with Crippen LogP contribution in [0.2, 0.25) is 0 Å². The van der Waals surface area contributed by atoms with Crippen LogP contribution in [0.1, 0.15) is 40.2 Å². The van der Waals surface area contributed by atoms with Crippen molar-refractivity contribution in [3.05, 3.63) is 35.9 Å². The molecule has 0 saturated heterocycles. The molecule has 0 aliphatic carbocycles. The van der Waals surface area contributed by atoms with E-state index in [1.807, 2.05) is 6.07 Å². The highest BCUT2D eigenvalue weighted by Gasteiger charge is 2.49. The van der Waals surface area contributed by atoms with E-state index in [-0.39, 0.29) is 13.2 Å². The number of carbonyl (C=O) groups excluding carboxylic acids is 3. The van der Waals surface area contributed by atoms with E-state index in [2.05, 4.69) is 5.32 Å². The van der Waals surface area contributed by atoms with Crippen molar-refractivity contribution < 1.29 is 33.7 Å². The van der Waals surface area contributed by atoms with E-state index < -0.39 is 35.3 Å². The molecule has 0 unspecified atom stereocenters. The average Bonchev–Trinajstić information content (AvgIpc) is 2.58. The number of rotatable bonds is 7. The minimum absolute atomic E-state index is 0.00377. The molecule has 0 heterocycles. The molecule has 2 N–H and O–H groups in total. The maximum absolute atomic E-state index is 12.3. The second-order valence-electron chi connectivity index (χ2n) is 7.05. The van der Waals surface area contributed by atoms with Gasteiger partial charge in [-0.15, -0.1) is 0 Å². The molecule has 1 aromatic carbocycles. The Balaban J connectivity index is 2.91. The van der Waals surface area contributed by atoms with Gasteiger partial charge in [0, 0.05) is 0 Å². The van der Waals surface area contributed by atoms with Crippen LogP contribution >= 0.6 is 0 Å². The molecule has 8 heteroatoms. The Morgan fingerprint density at radius 2 is 1.67 bits per heavy atom. The third-order valence-corrected chi connectivity index (χ3v) is 3.45. The van der Waals surface area contributed by atoms with Gasteiger partial charge in [0.1, 0.15) is 12.2 Å². The number of hydrogen-bond donors (Lipinski definition) is 2. The molecular weight excluding hydrogens is 354 g/mol. The number of benzene rings is 1. The van der Waals surface area contributed by atoms with Crippen molar-refractivity contribution in [2.45, 2.75) is 58.5 Å². The standard InChI is InChI=1S/C19H27NO7/c1-6-25-16(23)19(5,20-17(24)27-18(2,3)4)14(21)15(22)26-12-13-10-8-7-9-11-13/h7-11,14,21H,6,12H2,1-5H3,(H,20,24)/t14-,19-/m1/s1. The summed E-state index contributed by atoms with van der Waals surface area (Å²) in [6.07, 6.45) is -2.97. The third-order valence-electron chi connectivity index (χ3n) is 3.45. The number of carbonyl (C=O) groups is 3. The third kappa shape index (κ3) is 6.90. The lowest BCUT2D eigenvalue weighted by atomic mass is 9.94. The maximum atomic E-state index is 12.3. The van der Waals surface area contributed by atoms with Crippen molar-refractivity contribution in [1.82, 2.24) is 5.32 Å².